The van der Waals surface area contributed by atoms with Crippen LogP contribution in [0.3, 0.4) is 0 Å². The van der Waals surface area contributed by atoms with Crippen molar-refractivity contribution >= 4 is 23.4 Å². The van der Waals surface area contributed by atoms with E-state index in [0.717, 1.165) is 42.7 Å². The van der Waals surface area contributed by atoms with Gasteiger partial charge >= 0.3 is 0 Å². The van der Waals surface area contributed by atoms with E-state index in [1.807, 2.05) is 32.6 Å². The highest BCUT2D eigenvalue weighted by atomic mass is 35.5. The fraction of sp³-hybridized carbons (Fsp3) is 0.222. The van der Waals surface area contributed by atoms with Crippen LogP contribution in [0.25, 0.3) is 17.3 Å². The number of aromatic nitrogens is 4. The van der Waals surface area contributed by atoms with Gasteiger partial charge in [0.1, 0.15) is 29.8 Å². The normalized spacial score (nSPS) is 15.4. The summed E-state index contributed by atoms with van der Waals surface area (Å²) in [6, 6.07) is 2.12. The van der Waals surface area contributed by atoms with E-state index in [0.29, 0.717) is 12.4 Å². The molecule has 0 amide bonds. The summed E-state index contributed by atoms with van der Waals surface area (Å²) in [5.41, 5.74) is 2.57. The third-order valence-corrected chi connectivity index (χ3v) is 5.11. The highest BCUT2D eigenvalue weighted by Crippen LogP contribution is 2.40. The molecule has 4 heterocycles. The second-order valence-electron chi connectivity index (χ2n) is 6.40. The van der Waals surface area contributed by atoms with Crippen molar-refractivity contribution in [2.75, 3.05) is 4.90 Å². The van der Waals surface area contributed by atoms with Crippen molar-refractivity contribution in [3.63, 3.8) is 0 Å². The maximum absolute atomic E-state index is 14.5. The summed E-state index contributed by atoms with van der Waals surface area (Å²) in [5.74, 6) is -0.584. The van der Waals surface area contributed by atoms with Gasteiger partial charge in [-0.25, -0.2) is 13.8 Å². The van der Waals surface area contributed by atoms with E-state index in [1.165, 1.54) is 6.07 Å². The van der Waals surface area contributed by atoms with Crippen LogP contribution in [0.5, 0.6) is 0 Å². The van der Waals surface area contributed by atoms with E-state index >= 15 is 0 Å². The van der Waals surface area contributed by atoms with Gasteiger partial charge in [0.15, 0.2) is 0 Å². The van der Waals surface area contributed by atoms with Gasteiger partial charge in [0.25, 0.3) is 0 Å². The van der Waals surface area contributed by atoms with Crippen LogP contribution >= 0.6 is 11.6 Å². The monoisotopic (exact) mass is 373 g/mol. The van der Waals surface area contributed by atoms with Gasteiger partial charge in [-0.1, -0.05) is 11.6 Å². The quantitative estimate of drug-likeness (QED) is 0.635. The zero-order chi connectivity index (χ0) is 17.8. The van der Waals surface area contributed by atoms with Crippen molar-refractivity contribution in [1.29, 1.82) is 0 Å². The highest BCUT2D eigenvalue weighted by Gasteiger charge is 2.29. The second kappa shape index (κ2) is 5.67. The SMILES string of the molecule is Fc1cc(F)c(-c2nn3c(c2N2C=Cc4nccn4C2)CCC3)cc1Cl. The lowest BCUT2D eigenvalue weighted by molar-refractivity contribution is 0.584. The zero-order valence-corrected chi connectivity index (χ0v) is 14.4. The molecule has 0 N–H and O–H groups in total. The summed E-state index contributed by atoms with van der Waals surface area (Å²) in [5, 5.41) is 4.49. The predicted molar refractivity (Wildman–Crippen MR) is 94.7 cm³/mol. The Hall–Kier alpha value is -2.67. The predicted octanol–water partition coefficient (Wildman–Crippen LogP) is 4.07. The van der Waals surface area contributed by atoms with Crippen molar-refractivity contribution in [3.8, 4) is 11.3 Å². The summed E-state index contributed by atoms with van der Waals surface area (Å²) in [6.07, 6.45) is 9.32. The molecule has 26 heavy (non-hydrogen) atoms. The maximum Gasteiger partial charge on any atom is 0.144 e. The Morgan fingerprint density at radius 2 is 2.04 bits per heavy atom. The lowest BCUT2D eigenvalue weighted by Gasteiger charge is -2.26. The van der Waals surface area contributed by atoms with Gasteiger partial charge in [-0.3, -0.25) is 4.68 Å². The lowest BCUT2D eigenvalue weighted by Crippen LogP contribution is -2.25. The first kappa shape index (κ1) is 15.6. The topological polar surface area (TPSA) is 38.9 Å². The van der Waals surface area contributed by atoms with Crippen LogP contribution in [0.2, 0.25) is 5.02 Å². The standard InChI is InChI=1S/C18H14ClF2N5/c19-12-8-11(13(20)9-14(12)21)17-18(15-2-1-5-26(15)23-17)25-6-3-16-22-4-7-24(16)10-25/h3-4,6-9H,1-2,5,10H2. The molecule has 5 nitrogen and oxygen atoms in total. The van der Waals surface area contributed by atoms with Crippen LogP contribution < -0.4 is 4.90 Å². The van der Waals surface area contributed by atoms with E-state index in [-0.39, 0.29) is 10.6 Å². The van der Waals surface area contributed by atoms with E-state index in [9.17, 15) is 8.78 Å². The number of imidazole rings is 1. The van der Waals surface area contributed by atoms with Gasteiger partial charge in [0, 0.05) is 36.8 Å². The fourth-order valence-corrected chi connectivity index (χ4v) is 3.78. The average Bonchev–Trinajstić information content (AvgIpc) is 3.32. The van der Waals surface area contributed by atoms with Crippen LogP contribution in [-0.4, -0.2) is 19.3 Å². The molecule has 132 valence electrons. The number of benzene rings is 1. The minimum Gasteiger partial charge on any atom is -0.326 e. The van der Waals surface area contributed by atoms with E-state index in [2.05, 4.69) is 10.1 Å². The molecule has 8 heteroatoms. The van der Waals surface area contributed by atoms with Gasteiger partial charge < -0.3 is 9.47 Å². The number of hydrogen-bond acceptors (Lipinski definition) is 3. The Morgan fingerprint density at radius 3 is 2.92 bits per heavy atom. The lowest BCUT2D eigenvalue weighted by atomic mass is 10.1. The molecular formula is C18H14ClF2N5. The van der Waals surface area contributed by atoms with Crippen LogP contribution in [0.1, 0.15) is 17.9 Å². The molecule has 0 radical (unpaired) electrons. The highest BCUT2D eigenvalue weighted by molar-refractivity contribution is 6.31. The number of aryl methyl sites for hydroxylation is 1. The largest absolute Gasteiger partial charge is 0.326 e. The molecule has 2 aliphatic rings. The van der Waals surface area contributed by atoms with Crippen LogP contribution in [0, 0.1) is 11.6 Å². The van der Waals surface area contributed by atoms with Gasteiger partial charge in [-0.05, 0) is 25.0 Å². The first-order chi connectivity index (χ1) is 12.6. The molecule has 0 spiro atoms. The number of rotatable bonds is 2. The van der Waals surface area contributed by atoms with Gasteiger partial charge in [0.2, 0.25) is 0 Å². The molecule has 0 atom stereocenters. The average molecular weight is 374 g/mol. The minimum atomic E-state index is -0.776. The van der Waals surface area contributed by atoms with Gasteiger partial charge in [-0.2, -0.15) is 5.10 Å². The summed E-state index contributed by atoms with van der Waals surface area (Å²) in [4.78, 5) is 6.29. The molecule has 5 rings (SSSR count). The number of hydrogen-bond donors (Lipinski definition) is 0. The van der Waals surface area contributed by atoms with Gasteiger partial charge in [-0.15, -0.1) is 0 Å². The summed E-state index contributed by atoms with van der Waals surface area (Å²) >= 11 is 5.90. The second-order valence-corrected chi connectivity index (χ2v) is 6.81. The third kappa shape index (κ3) is 2.27. The fourth-order valence-electron chi connectivity index (χ4n) is 3.62. The smallest absolute Gasteiger partial charge is 0.144 e. The molecule has 0 saturated carbocycles. The zero-order valence-electron chi connectivity index (χ0n) is 13.7. The number of anilines is 1. The molecule has 0 fully saturated rings. The van der Waals surface area contributed by atoms with Gasteiger partial charge in [0.05, 0.1) is 16.4 Å². The Kier molecular flexibility index (Phi) is 3.40. The molecule has 3 aromatic rings. The van der Waals surface area contributed by atoms with Crippen molar-refractivity contribution < 1.29 is 8.78 Å². The summed E-state index contributed by atoms with van der Waals surface area (Å²) in [6.45, 7) is 1.33. The molecule has 2 aromatic heterocycles. The maximum atomic E-state index is 14.5. The first-order valence-corrected chi connectivity index (χ1v) is 8.70. The third-order valence-electron chi connectivity index (χ3n) is 4.82. The number of fused-ring (bicyclic) bond motifs is 2. The van der Waals surface area contributed by atoms with E-state index in [4.69, 9.17) is 11.6 Å². The summed E-state index contributed by atoms with van der Waals surface area (Å²) in [7, 11) is 0. The van der Waals surface area contributed by atoms with Crippen molar-refractivity contribution in [3.05, 3.63) is 58.9 Å². The van der Waals surface area contributed by atoms with E-state index in [1.54, 1.807) is 6.20 Å². The van der Waals surface area contributed by atoms with Crippen LogP contribution in [0.15, 0.2) is 30.7 Å². The Labute approximate surface area is 153 Å². The van der Waals surface area contributed by atoms with Crippen LogP contribution in [-0.2, 0) is 19.6 Å². The van der Waals surface area contributed by atoms with Crippen molar-refractivity contribution in [1.82, 2.24) is 19.3 Å². The molecule has 1 aromatic carbocycles. The molecule has 0 bridgehead atoms. The minimum absolute atomic E-state index is 0.119. The first-order valence-electron chi connectivity index (χ1n) is 8.32. The number of nitrogens with zero attached hydrogens (tertiary/aromatic N) is 5. The number of halogens is 3. The van der Waals surface area contributed by atoms with E-state index < -0.39 is 11.6 Å². The Morgan fingerprint density at radius 1 is 1.15 bits per heavy atom. The Balaban J connectivity index is 1.68. The summed E-state index contributed by atoms with van der Waals surface area (Å²) < 4.78 is 32.0. The molecular weight excluding hydrogens is 360 g/mol. The van der Waals surface area contributed by atoms with Crippen molar-refractivity contribution in [2.24, 2.45) is 0 Å². The van der Waals surface area contributed by atoms with Crippen LogP contribution in [0.4, 0.5) is 14.5 Å². The molecule has 0 saturated heterocycles. The molecule has 0 unspecified atom stereocenters. The molecule has 2 aliphatic heterocycles. The Bertz CT molecular complexity index is 1050. The molecule has 0 aliphatic carbocycles. The van der Waals surface area contributed by atoms with Crippen molar-refractivity contribution in [2.45, 2.75) is 26.1 Å².